The normalized spacial score (nSPS) is 10.4. The van der Waals surface area contributed by atoms with Crippen LogP contribution in [0.1, 0.15) is 5.56 Å². The smallest absolute Gasteiger partial charge is 0.283 e. The van der Waals surface area contributed by atoms with E-state index in [1.54, 1.807) is 31.1 Å². The van der Waals surface area contributed by atoms with E-state index in [2.05, 4.69) is 21.2 Å². The zero-order valence-electron chi connectivity index (χ0n) is 10.1. The van der Waals surface area contributed by atoms with Crippen molar-refractivity contribution >= 4 is 27.5 Å². The van der Waals surface area contributed by atoms with Gasteiger partial charge < -0.3 is 5.32 Å². The summed E-state index contributed by atoms with van der Waals surface area (Å²) < 4.78 is 0.449. The number of carbonyl (C=O) groups is 1. The van der Waals surface area contributed by atoms with Crippen molar-refractivity contribution < 1.29 is 9.72 Å². The maximum absolute atomic E-state index is 11.2. The lowest BCUT2D eigenvalue weighted by molar-refractivity contribution is -0.385. The maximum Gasteiger partial charge on any atom is 0.283 e. The molecule has 6 nitrogen and oxygen atoms in total. The first-order valence-electron chi connectivity index (χ1n) is 5.26. The number of nitrogens with one attached hydrogen (secondary N) is 1. The number of halogens is 1. The summed E-state index contributed by atoms with van der Waals surface area (Å²) in [4.78, 5) is 23.3. The molecule has 0 heterocycles. The lowest BCUT2D eigenvalue weighted by Crippen LogP contribution is -2.32. The predicted octanol–water partition coefficient (Wildman–Crippen LogP) is 1.54. The van der Waals surface area contributed by atoms with Crippen LogP contribution in [0.15, 0.2) is 22.7 Å². The molecule has 0 aliphatic rings. The van der Waals surface area contributed by atoms with Gasteiger partial charge in [-0.3, -0.25) is 19.8 Å². The van der Waals surface area contributed by atoms with E-state index in [0.717, 1.165) is 5.56 Å². The number of hydrogen-bond donors (Lipinski definition) is 1. The van der Waals surface area contributed by atoms with Crippen LogP contribution in [0.25, 0.3) is 0 Å². The lowest BCUT2D eigenvalue weighted by atomic mass is 10.2. The van der Waals surface area contributed by atoms with Crippen LogP contribution in [0.3, 0.4) is 0 Å². The molecule has 1 aromatic rings. The molecule has 0 bridgehead atoms. The van der Waals surface area contributed by atoms with Crippen molar-refractivity contribution in [2.24, 2.45) is 0 Å². The summed E-state index contributed by atoms with van der Waals surface area (Å²) in [6.07, 6.45) is 0. The summed E-state index contributed by atoms with van der Waals surface area (Å²) in [5.74, 6) is -0.0934. The summed E-state index contributed by atoms with van der Waals surface area (Å²) >= 11 is 3.13. The van der Waals surface area contributed by atoms with Gasteiger partial charge in [-0.15, -0.1) is 0 Å². The molecule has 0 saturated heterocycles. The molecule has 7 heteroatoms. The largest absolute Gasteiger partial charge is 0.358 e. The van der Waals surface area contributed by atoms with Crippen LogP contribution in [0.5, 0.6) is 0 Å². The molecule has 1 aromatic carbocycles. The van der Waals surface area contributed by atoms with Gasteiger partial charge in [-0.25, -0.2) is 0 Å². The second-order valence-corrected chi connectivity index (χ2v) is 4.74. The van der Waals surface area contributed by atoms with Crippen LogP contribution < -0.4 is 5.32 Å². The van der Waals surface area contributed by atoms with E-state index >= 15 is 0 Å². The van der Waals surface area contributed by atoms with E-state index in [4.69, 9.17) is 0 Å². The minimum absolute atomic E-state index is 0.0286. The predicted molar refractivity (Wildman–Crippen MR) is 71.2 cm³/mol. The van der Waals surface area contributed by atoms with Crippen molar-refractivity contribution in [3.63, 3.8) is 0 Å². The highest BCUT2D eigenvalue weighted by Gasteiger charge is 2.13. The number of benzene rings is 1. The molecule has 0 fully saturated rings. The summed E-state index contributed by atoms with van der Waals surface area (Å²) in [5.41, 5.74) is 0.817. The molecule has 1 amide bonds. The Balaban J connectivity index is 2.76. The maximum atomic E-state index is 11.2. The van der Waals surface area contributed by atoms with Gasteiger partial charge in [0.1, 0.15) is 0 Å². The number of nitrogens with zero attached hydrogens (tertiary/aromatic N) is 2. The van der Waals surface area contributed by atoms with E-state index in [9.17, 15) is 14.9 Å². The average molecular weight is 316 g/mol. The Bertz CT molecular complexity index is 465. The number of rotatable bonds is 5. The van der Waals surface area contributed by atoms with Gasteiger partial charge in [-0.1, -0.05) is 6.07 Å². The molecule has 0 saturated carbocycles. The number of nitro benzene ring substituents is 1. The number of carbonyl (C=O) groups excluding carboxylic acids is 1. The molecule has 98 valence electrons. The highest BCUT2D eigenvalue weighted by atomic mass is 79.9. The van der Waals surface area contributed by atoms with Crippen molar-refractivity contribution in [1.29, 1.82) is 0 Å². The van der Waals surface area contributed by atoms with Crippen LogP contribution in [-0.4, -0.2) is 36.4 Å². The molecule has 0 radical (unpaired) electrons. The summed E-state index contributed by atoms with van der Waals surface area (Å²) in [5, 5.41) is 13.3. The molecule has 0 atom stereocenters. The van der Waals surface area contributed by atoms with Gasteiger partial charge >= 0.3 is 0 Å². The number of hydrogen-bond acceptors (Lipinski definition) is 4. The minimum Gasteiger partial charge on any atom is -0.358 e. The molecule has 1 N–H and O–H groups in total. The van der Waals surface area contributed by atoms with E-state index < -0.39 is 4.92 Å². The second kappa shape index (κ2) is 6.46. The van der Waals surface area contributed by atoms with Crippen molar-refractivity contribution in [1.82, 2.24) is 10.2 Å². The summed E-state index contributed by atoms with van der Waals surface area (Å²) in [6.45, 7) is 0.724. The number of amides is 1. The third-order valence-electron chi connectivity index (χ3n) is 2.35. The summed E-state index contributed by atoms with van der Waals surface area (Å²) in [6, 6.07) is 4.93. The monoisotopic (exact) mass is 315 g/mol. The summed E-state index contributed by atoms with van der Waals surface area (Å²) in [7, 11) is 3.35. The van der Waals surface area contributed by atoms with Crippen LogP contribution in [-0.2, 0) is 11.3 Å². The Morgan fingerprint density at radius 1 is 1.56 bits per heavy atom. The molecular formula is C11H14BrN3O3. The molecule has 0 spiro atoms. The van der Waals surface area contributed by atoms with E-state index in [0.29, 0.717) is 11.0 Å². The third-order valence-corrected chi connectivity index (χ3v) is 3.02. The molecule has 18 heavy (non-hydrogen) atoms. The Labute approximate surface area is 113 Å². The van der Waals surface area contributed by atoms with Crippen molar-refractivity contribution in [3.8, 4) is 0 Å². The fourth-order valence-electron chi connectivity index (χ4n) is 1.49. The van der Waals surface area contributed by atoms with E-state index in [1.807, 2.05) is 0 Å². The standard InChI is InChI=1S/C11H14BrN3O3/c1-13-11(16)7-14(2)6-8-3-4-9(12)10(5-8)15(17)18/h3-5H,6-7H2,1-2H3,(H,13,16). The first kappa shape index (κ1) is 14.6. The first-order chi connectivity index (χ1) is 8.43. The Hall–Kier alpha value is -1.47. The number of likely N-dealkylation sites (N-methyl/N-ethyl adjacent to an activating group) is 2. The molecule has 0 aliphatic carbocycles. The Morgan fingerprint density at radius 3 is 2.78 bits per heavy atom. The topological polar surface area (TPSA) is 75.5 Å². The SMILES string of the molecule is CNC(=O)CN(C)Cc1ccc(Br)c([N+](=O)[O-])c1. The molecule has 0 aliphatic heterocycles. The van der Waals surface area contributed by atoms with E-state index in [-0.39, 0.29) is 18.1 Å². The van der Waals surface area contributed by atoms with Gasteiger partial charge in [0.2, 0.25) is 5.91 Å². The van der Waals surface area contributed by atoms with Crippen LogP contribution >= 0.6 is 15.9 Å². The zero-order valence-corrected chi connectivity index (χ0v) is 11.7. The molecule has 1 rings (SSSR count). The highest BCUT2D eigenvalue weighted by molar-refractivity contribution is 9.10. The van der Waals surface area contributed by atoms with Crippen molar-refractivity contribution in [3.05, 3.63) is 38.3 Å². The number of nitro groups is 1. The second-order valence-electron chi connectivity index (χ2n) is 3.89. The first-order valence-corrected chi connectivity index (χ1v) is 6.05. The van der Waals surface area contributed by atoms with Crippen LogP contribution in [0, 0.1) is 10.1 Å². The fraction of sp³-hybridized carbons (Fsp3) is 0.364. The molecular weight excluding hydrogens is 302 g/mol. The van der Waals surface area contributed by atoms with Crippen LogP contribution in [0.2, 0.25) is 0 Å². The third kappa shape index (κ3) is 4.08. The average Bonchev–Trinajstić information content (AvgIpc) is 2.31. The molecule has 0 unspecified atom stereocenters. The van der Waals surface area contributed by atoms with Gasteiger partial charge in [0.25, 0.3) is 5.69 Å². The van der Waals surface area contributed by atoms with Gasteiger partial charge in [-0.2, -0.15) is 0 Å². The van der Waals surface area contributed by atoms with Gasteiger partial charge in [0.15, 0.2) is 0 Å². The van der Waals surface area contributed by atoms with Crippen LogP contribution in [0.4, 0.5) is 5.69 Å². The zero-order chi connectivity index (χ0) is 13.7. The Kier molecular flexibility index (Phi) is 5.24. The lowest BCUT2D eigenvalue weighted by Gasteiger charge is -2.15. The fourth-order valence-corrected chi connectivity index (χ4v) is 1.88. The van der Waals surface area contributed by atoms with Gasteiger partial charge in [0.05, 0.1) is 15.9 Å². The quantitative estimate of drug-likeness (QED) is 0.660. The Morgan fingerprint density at radius 2 is 2.22 bits per heavy atom. The van der Waals surface area contributed by atoms with Crippen molar-refractivity contribution in [2.45, 2.75) is 6.54 Å². The van der Waals surface area contributed by atoms with Crippen molar-refractivity contribution in [2.75, 3.05) is 20.6 Å². The molecule has 0 aromatic heterocycles. The van der Waals surface area contributed by atoms with Gasteiger partial charge in [0, 0.05) is 19.7 Å². The van der Waals surface area contributed by atoms with E-state index in [1.165, 1.54) is 6.07 Å². The van der Waals surface area contributed by atoms with Gasteiger partial charge in [-0.05, 0) is 34.6 Å². The minimum atomic E-state index is -0.438. The highest BCUT2D eigenvalue weighted by Crippen LogP contribution is 2.25.